The van der Waals surface area contributed by atoms with E-state index < -0.39 is 10.7 Å². The van der Waals surface area contributed by atoms with E-state index in [1.165, 1.54) is 0 Å². The van der Waals surface area contributed by atoms with Crippen LogP contribution in [0.5, 0.6) is 0 Å². The van der Waals surface area contributed by atoms with Crippen molar-refractivity contribution in [3.63, 3.8) is 0 Å². The summed E-state index contributed by atoms with van der Waals surface area (Å²) in [6.45, 7) is 2.99. The number of nitrogens with zero attached hydrogens (tertiary/aromatic N) is 3. The van der Waals surface area contributed by atoms with Crippen molar-refractivity contribution in [1.82, 2.24) is 15.5 Å². The van der Waals surface area contributed by atoms with E-state index in [2.05, 4.69) is 15.5 Å². The molecule has 19 heavy (non-hydrogen) atoms. The molecule has 0 amide bonds. The fraction of sp³-hybridized carbons (Fsp3) is 0.273. The maximum atomic E-state index is 13.2. The Balaban J connectivity index is 2.37. The fourth-order valence-corrected chi connectivity index (χ4v) is 1.50. The molecule has 0 aliphatic rings. The molecule has 7 nitrogen and oxygen atoms in total. The van der Waals surface area contributed by atoms with Gasteiger partial charge in [-0.3, -0.25) is 10.1 Å². The van der Waals surface area contributed by atoms with Crippen LogP contribution in [-0.2, 0) is 6.54 Å². The lowest BCUT2D eigenvalue weighted by molar-refractivity contribution is -0.384. The van der Waals surface area contributed by atoms with Crippen molar-refractivity contribution in [2.45, 2.75) is 13.5 Å². The number of hydrogen-bond donors (Lipinski definition) is 1. The van der Waals surface area contributed by atoms with Crippen molar-refractivity contribution in [3.8, 4) is 11.5 Å². The molecule has 1 aromatic carbocycles. The van der Waals surface area contributed by atoms with Crippen LogP contribution in [0.3, 0.4) is 0 Å². The summed E-state index contributed by atoms with van der Waals surface area (Å²) in [4.78, 5) is 10.2. The van der Waals surface area contributed by atoms with E-state index >= 15 is 0 Å². The third kappa shape index (κ3) is 2.91. The number of nitrogens with one attached hydrogen (secondary N) is 1. The Morgan fingerprint density at radius 2 is 2.26 bits per heavy atom. The van der Waals surface area contributed by atoms with Crippen LogP contribution >= 0.6 is 0 Å². The van der Waals surface area contributed by atoms with Gasteiger partial charge in [-0.15, -0.1) is 10.2 Å². The molecule has 0 aliphatic carbocycles. The molecule has 0 saturated carbocycles. The molecule has 1 N–H and O–H groups in total. The molecule has 0 unspecified atom stereocenters. The van der Waals surface area contributed by atoms with E-state index in [0.29, 0.717) is 6.54 Å². The summed E-state index contributed by atoms with van der Waals surface area (Å²) in [5.41, 5.74) is -0.305. The molecule has 0 saturated heterocycles. The van der Waals surface area contributed by atoms with E-state index in [9.17, 15) is 14.5 Å². The van der Waals surface area contributed by atoms with Gasteiger partial charge in [-0.1, -0.05) is 6.92 Å². The number of nitro groups is 1. The van der Waals surface area contributed by atoms with Crippen LogP contribution in [-0.4, -0.2) is 21.7 Å². The molecular formula is C11H11FN4O3. The summed E-state index contributed by atoms with van der Waals surface area (Å²) >= 11 is 0. The molecule has 1 aromatic heterocycles. The second-order valence-electron chi connectivity index (χ2n) is 3.70. The maximum Gasteiger partial charge on any atom is 0.282 e. The minimum Gasteiger partial charge on any atom is -0.419 e. The van der Waals surface area contributed by atoms with Gasteiger partial charge in [0.1, 0.15) is 11.4 Å². The SMILES string of the molecule is CCNCc1nnc(-c2cc(F)ccc2[N+](=O)[O-])o1. The number of halogens is 1. The summed E-state index contributed by atoms with van der Waals surface area (Å²) in [6, 6.07) is 3.08. The van der Waals surface area contributed by atoms with Crippen molar-refractivity contribution in [3.05, 3.63) is 40.0 Å². The Morgan fingerprint density at radius 1 is 1.47 bits per heavy atom. The zero-order chi connectivity index (χ0) is 13.8. The van der Waals surface area contributed by atoms with Crippen molar-refractivity contribution in [2.75, 3.05) is 6.54 Å². The Hall–Kier alpha value is -2.35. The standard InChI is InChI=1S/C11H11FN4O3/c1-2-13-6-10-14-15-11(19-10)8-5-7(12)3-4-9(8)16(17)18/h3-5,13H,2,6H2,1H3. The summed E-state index contributed by atoms with van der Waals surface area (Å²) in [5, 5.41) is 21.3. The van der Waals surface area contributed by atoms with E-state index in [-0.39, 0.29) is 23.0 Å². The quantitative estimate of drug-likeness (QED) is 0.656. The molecule has 0 radical (unpaired) electrons. The second-order valence-corrected chi connectivity index (χ2v) is 3.70. The highest BCUT2D eigenvalue weighted by Crippen LogP contribution is 2.29. The highest BCUT2D eigenvalue weighted by Gasteiger charge is 2.21. The van der Waals surface area contributed by atoms with Crippen LogP contribution in [0.2, 0.25) is 0 Å². The van der Waals surface area contributed by atoms with E-state index in [4.69, 9.17) is 4.42 Å². The zero-order valence-electron chi connectivity index (χ0n) is 10.1. The molecule has 2 rings (SSSR count). The number of nitro benzene ring substituents is 1. The van der Waals surface area contributed by atoms with Crippen molar-refractivity contribution in [1.29, 1.82) is 0 Å². The molecule has 0 atom stereocenters. The third-order valence-electron chi connectivity index (χ3n) is 2.38. The largest absolute Gasteiger partial charge is 0.419 e. The highest BCUT2D eigenvalue weighted by atomic mass is 19.1. The number of hydrogen-bond acceptors (Lipinski definition) is 6. The first-order chi connectivity index (χ1) is 9.11. The van der Waals surface area contributed by atoms with E-state index in [0.717, 1.165) is 24.7 Å². The fourth-order valence-electron chi connectivity index (χ4n) is 1.50. The lowest BCUT2D eigenvalue weighted by Gasteiger charge is -1.98. The van der Waals surface area contributed by atoms with Crippen LogP contribution < -0.4 is 5.32 Å². The van der Waals surface area contributed by atoms with E-state index in [1.807, 2.05) is 6.92 Å². The predicted molar refractivity (Wildman–Crippen MR) is 63.7 cm³/mol. The van der Waals surface area contributed by atoms with Gasteiger partial charge in [-0.05, 0) is 18.7 Å². The van der Waals surface area contributed by atoms with Crippen molar-refractivity contribution >= 4 is 5.69 Å². The van der Waals surface area contributed by atoms with E-state index in [1.54, 1.807) is 0 Å². The summed E-state index contributed by atoms with van der Waals surface area (Å²) < 4.78 is 18.4. The van der Waals surface area contributed by atoms with Gasteiger partial charge in [0.25, 0.3) is 11.6 Å². The molecular weight excluding hydrogens is 255 g/mol. The van der Waals surface area contributed by atoms with Crippen LogP contribution in [0, 0.1) is 15.9 Å². The second kappa shape index (κ2) is 5.53. The lowest BCUT2D eigenvalue weighted by Crippen LogP contribution is -2.11. The molecule has 1 heterocycles. The summed E-state index contributed by atoms with van der Waals surface area (Å²) in [6.07, 6.45) is 0. The van der Waals surface area contributed by atoms with Gasteiger partial charge in [0.2, 0.25) is 5.89 Å². The molecule has 0 bridgehead atoms. The number of rotatable bonds is 5. The van der Waals surface area contributed by atoms with Crippen LogP contribution in [0.15, 0.2) is 22.6 Å². The summed E-state index contributed by atoms with van der Waals surface area (Å²) in [7, 11) is 0. The minimum atomic E-state index is -0.622. The average Bonchev–Trinajstić information content (AvgIpc) is 2.84. The van der Waals surface area contributed by atoms with Gasteiger partial charge >= 0.3 is 0 Å². The maximum absolute atomic E-state index is 13.2. The Kier molecular flexibility index (Phi) is 3.81. The van der Waals surface area contributed by atoms with Gasteiger partial charge in [-0.2, -0.15) is 0 Å². The van der Waals surface area contributed by atoms with Gasteiger partial charge in [0.15, 0.2) is 0 Å². The monoisotopic (exact) mass is 266 g/mol. The topological polar surface area (TPSA) is 94.1 Å². The Morgan fingerprint density at radius 3 is 2.95 bits per heavy atom. The predicted octanol–water partition coefficient (Wildman–Crippen LogP) is 1.89. The first-order valence-corrected chi connectivity index (χ1v) is 5.59. The summed E-state index contributed by atoms with van der Waals surface area (Å²) in [5.74, 6) is -0.387. The van der Waals surface area contributed by atoms with Crippen LogP contribution in [0.1, 0.15) is 12.8 Å². The molecule has 8 heteroatoms. The average molecular weight is 266 g/mol. The first kappa shape index (κ1) is 13.1. The number of aromatic nitrogens is 2. The van der Waals surface area contributed by atoms with Crippen LogP contribution in [0.25, 0.3) is 11.5 Å². The Labute approximate surface area is 107 Å². The van der Waals surface area contributed by atoms with Crippen molar-refractivity contribution < 1.29 is 13.7 Å². The smallest absolute Gasteiger partial charge is 0.282 e. The minimum absolute atomic E-state index is 0.0275. The Bertz CT molecular complexity index is 599. The molecule has 0 spiro atoms. The lowest BCUT2D eigenvalue weighted by atomic mass is 10.2. The van der Waals surface area contributed by atoms with Gasteiger partial charge in [-0.25, -0.2) is 4.39 Å². The molecule has 0 aliphatic heterocycles. The van der Waals surface area contributed by atoms with Gasteiger partial charge in [0, 0.05) is 6.07 Å². The first-order valence-electron chi connectivity index (χ1n) is 5.59. The molecule has 0 fully saturated rings. The number of benzene rings is 1. The third-order valence-corrected chi connectivity index (χ3v) is 2.38. The highest BCUT2D eigenvalue weighted by molar-refractivity contribution is 5.66. The normalized spacial score (nSPS) is 10.6. The molecule has 2 aromatic rings. The zero-order valence-corrected chi connectivity index (χ0v) is 10.1. The van der Waals surface area contributed by atoms with Crippen LogP contribution in [0.4, 0.5) is 10.1 Å². The van der Waals surface area contributed by atoms with Crippen molar-refractivity contribution in [2.24, 2.45) is 0 Å². The van der Waals surface area contributed by atoms with Gasteiger partial charge < -0.3 is 9.73 Å². The van der Waals surface area contributed by atoms with Gasteiger partial charge in [0.05, 0.1) is 11.5 Å². The molecule has 100 valence electrons.